The second-order valence-corrected chi connectivity index (χ2v) is 5.81. The zero-order valence-corrected chi connectivity index (χ0v) is 12.7. The van der Waals surface area contributed by atoms with E-state index >= 15 is 0 Å². The Morgan fingerprint density at radius 2 is 2.15 bits per heavy atom. The van der Waals surface area contributed by atoms with Crippen LogP contribution in [0.2, 0.25) is 10.0 Å². The number of nitrogens with zero attached hydrogens (tertiary/aromatic N) is 1. The number of nitrogens with one attached hydrogen (secondary N) is 1. The van der Waals surface area contributed by atoms with Gasteiger partial charge in [0, 0.05) is 36.6 Å². The van der Waals surface area contributed by atoms with E-state index in [1.54, 1.807) is 18.2 Å². The van der Waals surface area contributed by atoms with Crippen molar-refractivity contribution in [3.05, 3.63) is 33.8 Å². The highest BCUT2D eigenvalue weighted by Crippen LogP contribution is 2.22. The van der Waals surface area contributed by atoms with Crippen LogP contribution in [0.3, 0.4) is 0 Å². The van der Waals surface area contributed by atoms with Gasteiger partial charge in [0.05, 0.1) is 11.6 Å². The minimum Gasteiger partial charge on any atom is -0.352 e. The Bertz CT molecular complexity index is 534. The Labute approximate surface area is 128 Å². The van der Waals surface area contributed by atoms with Crippen molar-refractivity contribution in [3.8, 4) is 0 Å². The van der Waals surface area contributed by atoms with Crippen LogP contribution >= 0.6 is 23.2 Å². The summed E-state index contributed by atoms with van der Waals surface area (Å²) in [5.74, 6) is -0.0953. The molecule has 1 aliphatic rings. The smallest absolute Gasteiger partial charge is 0.217 e. The molecule has 1 fully saturated rings. The van der Waals surface area contributed by atoms with Crippen LogP contribution in [0.4, 0.5) is 0 Å². The fraction of sp³-hybridized carbons (Fsp3) is 0.429. The molecule has 1 heterocycles. The van der Waals surface area contributed by atoms with Gasteiger partial charge in [-0.25, -0.2) is 0 Å². The molecule has 2 rings (SSSR count). The third-order valence-electron chi connectivity index (χ3n) is 3.28. The lowest BCUT2D eigenvalue weighted by atomic mass is 10.1. The van der Waals surface area contributed by atoms with Crippen molar-refractivity contribution < 1.29 is 9.59 Å². The average Bonchev–Trinajstić information content (AvgIpc) is 2.78. The average molecular weight is 315 g/mol. The molecular formula is C14H16Cl2N2O2. The predicted octanol–water partition coefficient (Wildman–Crippen LogP) is 2.39. The van der Waals surface area contributed by atoms with Crippen LogP contribution in [0.15, 0.2) is 18.2 Å². The van der Waals surface area contributed by atoms with E-state index < -0.39 is 0 Å². The highest BCUT2D eigenvalue weighted by molar-refractivity contribution is 6.36. The first kappa shape index (κ1) is 15.3. The van der Waals surface area contributed by atoms with Gasteiger partial charge in [0.15, 0.2) is 5.78 Å². The molecule has 0 radical (unpaired) electrons. The summed E-state index contributed by atoms with van der Waals surface area (Å²) in [7, 11) is 0. The van der Waals surface area contributed by atoms with Gasteiger partial charge in [-0.2, -0.15) is 0 Å². The monoisotopic (exact) mass is 314 g/mol. The van der Waals surface area contributed by atoms with Crippen LogP contribution in [0.25, 0.3) is 0 Å². The Balaban J connectivity index is 1.95. The minimum atomic E-state index is -0.0547. The van der Waals surface area contributed by atoms with Gasteiger partial charge in [-0.05, 0) is 24.6 Å². The lowest BCUT2D eigenvalue weighted by molar-refractivity contribution is -0.119. The summed E-state index contributed by atoms with van der Waals surface area (Å²) in [5, 5.41) is 3.78. The standard InChI is InChI=1S/C14H16Cl2N2O2/c1-9(19)17-11-4-5-18(7-11)8-14(20)12-6-10(15)2-3-13(12)16/h2-3,6,11H,4-5,7-8H2,1H3,(H,17,19). The molecule has 1 N–H and O–H groups in total. The van der Waals surface area contributed by atoms with E-state index in [9.17, 15) is 9.59 Å². The van der Waals surface area contributed by atoms with Crippen LogP contribution in [0.1, 0.15) is 23.7 Å². The number of carbonyl (C=O) groups is 2. The topological polar surface area (TPSA) is 49.4 Å². The first-order valence-electron chi connectivity index (χ1n) is 6.43. The summed E-state index contributed by atoms with van der Waals surface area (Å²) in [6.07, 6.45) is 0.857. The van der Waals surface area contributed by atoms with E-state index in [-0.39, 0.29) is 24.3 Å². The third-order valence-corrected chi connectivity index (χ3v) is 3.84. The highest BCUT2D eigenvalue weighted by atomic mass is 35.5. The van der Waals surface area contributed by atoms with Gasteiger partial charge in [-0.1, -0.05) is 23.2 Å². The van der Waals surface area contributed by atoms with E-state index in [4.69, 9.17) is 23.2 Å². The Morgan fingerprint density at radius 3 is 2.85 bits per heavy atom. The highest BCUT2D eigenvalue weighted by Gasteiger charge is 2.25. The van der Waals surface area contributed by atoms with E-state index in [2.05, 4.69) is 5.32 Å². The van der Waals surface area contributed by atoms with Crippen molar-refractivity contribution in [1.82, 2.24) is 10.2 Å². The van der Waals surface area contributed by atoms with Gasteiger partial charge in [0.2, 0.25) is 5.91 Å². The minimum absolute atomic E-state index is 0.0407. The second-order valence-electron chi connectivity index (χ2n) is 4.97. The molecule has 1 unspecified atom stereocenters. The maximum Gasteiger partial charge on any atom is 0.217 e. The van der Waals surface area contributed by atoms with E-state index in [0.29, 0.717) is 22.2 Å². The molecule has 0 spiro atoms. The molecule has 0 saturated carbocycles. The molecule has 1 aliphatic heterocycles. The summed E-state index contributed by atoms with van der Waals surface area (Å²) >= 11 is 11.9. The number of Topliss-reactive ketones (excluding diaryl/α,β-unsaturated/α-hetero) is 1. The van der Waals surface area contributed by atoms with Crippen LogP contribution in [-0.2, 0) is 4.79 Å². The van der Waals surface area contributed by atoms with Gasteiger partial charge in [-0.15, -0.1) is 0 Å². The van der Waals surface area contributed by atoms with E-state index in [1.807, 2.05) is 4.90 Å². The van der Waals surface area contributed by atoms with Crippen molar-refractivity contribution in [3.63, 3.8) is 0 Å². The van der Waals surface area contributed by atoms with Gasteiger partial charge in [0.1, 0.15) is 0 Å². The van der Waals surface area contributed by atoms with Crippen molar-refractivity contribution >= 4 is 34.9 Å². The molecule has 1 aromatic carbocycles. The van der Waals surface area contributed by atoms with Crippen molar-refractivity contribution in [2.75, 3.05) is 19.6 Å². The number of ketones is 1. The molecule has 20 heavy (non-hydrogen) atoms. The maximum absolute atomic E-state index is 12.2. The number of likely N-dealkylation sites (tertiary alicyclic amines) is 1. The largest absolute Gasteiger partial charge is 0.352 e. The SMILES string of the molecule is CC(=O)NC1CCN(CC(=O)c2cc(Cl)ccc2Cl)C1. The molecule has 0 aromatic heterocycles. The quantitative estimate of drug-likeness (QED) is 0.868. The van der Waals surface area contributed by atoms with Gasteiger partial charge in [0.25, 0.3) is 0 Å². The normalized spacial score (nSPS) is 19.1. The number of carbonyl (C=O) groups excluding carboxylic acids is 2. The number of benzene rings is 1. The van der Waals surface area contributed by atoms with Crippen molar-refractivity contribution in [2.45, 2.75) is 19.4 Å². The predicted molar refractivity (Wildman–Crippen MR) is 79.5 cm³/mol. The molecule has 4 nitrogen and oxygen atoms in total. The van der Waals surface area contributed by atoms with Crippen LogP contribution in [0.5, 0.6) is 0 Å². The van der Waals surface area contributed by atoms with Crippen LogP contribution < -0.4 is 5.32 Å². The molecule has 0 bridgehead atoms. The fourth-order valence-electron chi connectivity index (χ4n) is 2.38. The summed E-state index contributed by atoms with van der Waals surface area (Å²) in [5.41, 5.74) is 0.446. The lowest BCUT2D eigenvalue weighted by Crippen LogP contribution is -2.36. The molecule has 6 heteroatoms. The molecule has 1 saturated heterocycles. The summed E-state index contributed by atoms with van der Waals surface area (Å²) < 4.78 is 0. The number of halogens is 2. The summed E-state index contributed by atoms with van der Waals surface area (Å²) in [6, 6.07) is 4.99. The maximum atomic E-state index is 12.2. The summed E-state index contributed by atoms with van der Waals surface area (Å²) in [4.78, 5) is 25.2. The van der Waals surface area contributed by atoms with Gasteiger partial charge < -0.3 is 5.32 Å². The first-order chi connectivity index (χ1) is 9.45. The zero-order valence-electron chi connectivity index (χ0n) is 11.2. The second kappa shape index (κ2) is 6.57. The number of rotatable bonds is 4. The van der Waals surface area contributed by atoms with Crippen molar-refractivity contribution in [1.29, 1.82) is 0 Å². The Hall–Kier alpha value is -1.10. The molecule has 1 atom stereocenters. The molecule has 1 aromatic rings. The van der Waals surface area contributed by atoms with Gasteiger partial charge in [-0.3, -0.25) is 14.5 Å². The number of amides is 1. The molecule has 0 aliphatic carbocycles. The third kappa shape index (κ3) is 3.95. The summed E-state index contributed by atoms with van der Waals surface area (Å²) in [6.45, 7) is 3.26. The number of hydrogen-bond donors (Lipinski definition) is 1. The zero-order chi connectivity index (χ0) is 14.7. The molecular weight excluding hydrogens is 299 g/mol. The van der Waals surface area contributed by atoms with Crippen LogP contribution in [0, 0.1) is 0 Å². The van der Waals surface area contributed by atoms with E-state index in [0.717, 1.165) is 13.0 Å². The number of hydrogen-bond acceptors (Lipinski definition) is 3. The van der Waals surface area contributed by atoms with Crippen molar-refractivity contribution in [2.24, 2.45) is 0 Å². The molecule has 108 valence electrons. The Kier molecular flexibility index (Phi) is 5.02. The van der Waals surface area contributed by atoms with Crippen LogP contribution in [-0.4, -0.2) is 42.3 Å². The first-order valence-corrected chi connectivity index (χ1v) is 7.19. The van der Waals surface area contributed by atoms with Gasteiger partial charge >= 0.3 is 0 Å². The lowest BCUT2D eigenvalue weighted by Gasteiger charge is -2.16. The Morgan fingerprint density at radius 1 is 1.40 bits per heavy atom. The van der Waals surface area contributed by atoms with E-state index in [1.165, 1.54) is 6.92 Å². The fourth-order valence-corrected chi connectivity index (χ4v) is 2.78. The molecule has 1 amide bonds.